The lowest BCUT2D eigenvalue weighted by Gasteiger charge is -2.29. The Morgan fingerprint density at radius 1 is 1.18 bits per heavy atom. The van der Waals surface area contributed by atoms with E-state index in [-0.39, 0.29) is 17.8 Å². The zero-order chi connectivity index (χ0) is 19.3. The van der Waals surface area contributed by atoms with Crippen molar-refractivity contribution in [1.82, 2.24) is 19.7 Å². The molecule has 0 saturated carbocycles. The Hall–Kier alpha value is -3.00. The molecule has 4 rings (SSSR count). The average Bonchev–Trinajstić information content (AvgIpc) is 3.21. The number of ether oxygens (including phenoxy) is 2. The second-order valence-electron chi connectivity index (χ2n) is 6.38. The number of amides is 1. The molecule has 2 aromatic carbocycles. The number of carbonyl (C=O) groups is 1. The highest BCUT2D eigenvalue weighted by molar-refractivity contribution is 7.99. The van der Waals surface area contributed by atoms with Crippen molar-refractivity contribution in [3.8, 4) is 17.2 Å². The molecule has 3 aromatic rings. The highest BCUT2D eigenvalue weighted by atomic mass is 32.2. The van der Waals surface area contributed by atoms with E-state index in [9.17, 15) is 4.79 Å². The maximum atomic E-state index is 12.6. The van der Waals surface area contributed by atoms with Crippen molar-refractivity contribution < 1.29 is 14.3 Å². The Morgan fingerprint density at radius 3 is 2.75 bits per heavy atom. The van der Waals surface area contributed by atoms with Crippen molar-refractivity contribution in [3.05, 3.63) is 60.9 Å². The summed E-state index contributed by atoms with van der Waals surface area (Å²) in [7, 11) is 1.77. The third kappa shape index (κ3) is 4.12. The van der Waals surface area contributed by atoms with Gasteiger partial charge in [0, 0.05) is 12.7 Å². The first-order valence-corrected chi connectivity index (χ1v) is 9.90. The normalized spacial score (nSPS) is 15.2. The third-order valence-corrected chi connectivity index (χ3v) is 5.27. The number of thioether (sulfide) groups is 1. The fraction of sp³-hybridized carbons (Fsp3) is 0.250. The van der Waals surface area contributed by atoms with Gasteiger partial charge in [0.15, 0.2) is 22.8 Å². The summed E-state index contributed by atoms with van der Waals surface area (Å²) in [6.07, 6.45) is 1.46. The monoisotopic (exact) mass is 396 g/mol. The van der Waals surface area contributed by atoms with Crippen LogP contribution in [0.2, 0.25) is 0 Å². The number of rotatable bonds is 6. The number of likely N-dealkylation sites (N-methyl/N-ethyl adjacent to an activating group) is 1. The predicted molar refractivity (Wildman–Crippen MR) is 106 cm³/mol. The zero-order valence-electron chi connectivity index (χ0n) is 15.4. The summed E-state index contributed by atoms with van der Waals surface area (Å²) in [4.78, 5) is 14.2. The fourth-order valence-electron chi connectivity index (χ4n) is 2.89. The summed E-state index contributed by atoms with van der Waals surface area (Å²) in [6, 6.07) is 17.4. The maximum absolute atomic E-state index is 12.6. The molecule has 0 fully saturated rings. The Balaban J connectivity index is 1.32. The molecule has 0 aliphatic carbocycles. The van der Waals surface area contributed by atoms with Gasteiger partial charge in [0.2, 0.25) is 5.91 Å². The van der Waals surface area contributed by atoms with E-state index in [0.717, 1.165) is 11.4 Å². The molecule has 0 unspecified atom stereocenters. The highest BCUT2D eigenvalue weighted by Gasteiger charge is 2.24. The van der Waals surface area contributed by atoms with Gasteiger partial charge in [-0.25, -0.2) is 0 Å². The van der Waals surface area contributed by atoms with Crippen LogP contribution in [0.25, 0.3) is 5.69 Å². The van der Waals surface area contributed by atoms with Crippen LogP contribution in [-0.4, -0.2) is 57.6 Å². The van der Waals surface area contributed by atoms with E-state index >= 15 is 0 Å². The number of nitrogens with zero attached hydrogens (tertiary/aromatic N) is 4. The second-order valence-corrected chi connectivity index (χ2v) is 7.32. The van der Waals surface area contributed by atoms with Gasteiger partial charge in [-0.2, -0.15) is 0 Å². The molecular formula is C20H20N4O3S. The Bertz CT molecular complexity index is 947. The van der Waals surface area contributed by atoms with Gasteiger partial charge >= 0.3 is 0 Å². The molecule has 144 valence electrons. The fourth-order valence-corrected chi connectivity index (χ4v) is 3.75. The van der Waals surface area contributed by atoms with Crippen LogP contribution in [0, 0.1) is 0 Å². The van der Waals surface area contributed by atoms with E-state index < -0.39 is 0 Å². The Kier molecular flexibility index (Phi) is 5.48. The lowest BCUT2D eigenvalue weighted by molar-refractivity contribution is -0.128. The summed E-state index contributed by atoms with van der Waals surface area (Å²) in [6.45, 7) is 0.878. The minimum atomic E-state index is -0.193. The number of carbonyl (C=O) groups excluding carboxylic acids is 1. The first-order valence-electron chi connectivity index (χ1n) is 8.91. The molecule has 2 heterocycles. The molecule has 1 aliphatic rings. The number of fused-ring (bicyclic) bond motifs is 1. The number of hydrogen-bond acceptors (Lipinski definition) is 6. The van der Waals surface area contributed by atoms with Crippen LogP contribution in [0.5, 0.6) is 11.5 Å². The minimum Gasteiger partial charge on any atom is -0.486 e. The van der Waals surface area contributed by atoms with E-state index in [2.05, 4.69) is 10.2 Å². The van der Waals surface area contributed by atoms with Gasteiger partial charge < -0.3 is 14.4 Å². The van der Waals surface area contributed by atoms with Crippen LogP contribution >= 0.6 is 11.8 Å². The number of aromatic nitrogens is 3. The molecule has 0 spiro atoms. The van der Waals surface area contributed by atoms with Crippen molar-refractivity contribution in [3.63, 3.8) is 0 Å². The largest absolute Gasteiger partial charge is 0.486 e. The molecule has 28 heavy (non-hydrogen) atoms. The van der Waals surface area contributed by atoms with Crippen LogP contribution in [0.4, 0.5) is 0 Å². The number of hydrogen-bond donors (Lipinski definition) is 0. The third-order valence-electron chi connectivity index (χ3n) is 4.35. The summed E-state index contributed by atoms with van der Waals surface area (Å²) in [5.74, 6) is 1.72. The molecule has 0 saturated heterocycles. The van der Waals surface area contributed by atoms with Crippen molar-refractivity contribution in [2.24, 2.45) is 0 Å². The van der Waals surface area contributed by atoms with Gasteiger partial charge in [0.1, 0.15) is 12.9 Å². The lowest BCUT2D eigenvalue weighted by Crippen LogP contribution is -2.42. The Labute approximate surface area is 167 Å². The van der Waals surface area contributed by atoms with Crippen molar-refractivity contribution in [2.45, 2.75) is 11.3 Å². The molecule has 1 aliphatic heterocycles. The summed E-state index contributed by atoms with van der Waals surface area (Å²) in [5, 5.41) is 8.77. The topological polar surface area (TPSA) is 69.5 Å². The first-order chi connectivity index (χ1) is 13.7. The SMILES string of the molecule is CN(C[C@@H]1COc2ccccc2O1)C(=O)CSc1nncn1-c1ccccc1. The van der Waals surface area contributed by atoms with Crippen molar-refractivity contribution in [2.75, 3.05) is 26.0 Å². The van der Waals surface area contributed by atoms with E-state index in [1.54, 1.807) is 18.3 Å². The van der Waals surface area contributed by atoms with Crippen LogP contribution < -0.4 is 9.47 Å². The van der Waals surface area contributed by atoms with E-state index in [1.807, 2.05) is 59.2 Å². The maximum Gasteiger partial charge on any atom is 0.232 e. The zero-order valence-corrected chi connectivity index (χ0v) is 16.2. The number of benzene rings is 2. The van der Waals surface area contributed by atoms with Gasteiger partial charge in [-0.1, -0.05) is 42.1 Å². The van der Waals surface area contributed by atoms with E-state index in [0.29, 0.717) is 24.1 Å². The average molecular weight is 396 g/mol. The molecule has 0 N–H and O–H groups in total. The predicted octanol–water partition coefficient (Wildman–Crippen LogP) is 2.66. The van der Waals surface area contributed by atoms with E-state index in [1.165, 1.54) is 11.8 Å². The molecule has 1 amide bonds. The molecule has 7 nitrogen and oxygen atoms in total. The first kappa shape index (κ1) is 18.4. The molecule has 8 heteroatoms. The van der Waals surface area contributed by atoms with Crippen LogP contribution in [0.15, 0.2) is 66.1 Å². The van der Waals surface area contributed by atoms with Gasteiger partial charge in [0.05, 0.1) is 12.3 Å². The second kappa shape index (κ2) is 8.35. The van der Waals surface area contributed by atoms with Gasteiger partial charge in [-0.3, -0.25) is 9.36 Å². The lowest BCUT2D eigenvalue weighted by atomic mass is 10.2. The Morgan fingerprint density at radius 2 is 1.93 bits per heavy atom. The summed E-state index contributed by atoms with van der Waals surface area (Å²) < 4.78 is 13.5. The van der Waals surface area contributed by atoms with Crippen molar-refractivity contribution >= 4 is 17.7 Å². The van der Waals surface area contributed by atoms with Crippen molar-refractivity contribution in [1.29, 1.82) is 0 Å². The number of para-hydroxylation sites is 3. The molecule has 1 aromatic heterocycles. The van der Waals surface area contributed by atoms with Gasteiger partial charge in [-0.05, 0) is 24.3 Å². The van der Waals surface area contributed by atoms with Crippen LogP contribution in [0.1, 0.15) is 0 Å². The quantitative estimate of drug-likeness (QED) is 0.597. The molecule has 1 atom stereocenters. The van der Waals surface area contributed by atoms with Crippen LogP contribution in [-0.2, 0) is 4.79 Å². The van der Waals surface area contributed by atoms with E-state index in [4.69, 9.17) is 9.47 Å². The molecular weight excluding hydrogens is 376 g/mol. The molecule has 0 bridgehead atoms. The van der Waals surface area contributed by atoms with Crippen LogP contribution in [0.3, 0.4) is 0 Å². The van der Waals surface area contributed by atoms with Gasteiger partial charge in [0.25, 0.3) is 0 Å². The summed E-state index contributed by atoms with van der Waals surface area (Å²) in [5.41, 5.74) is 0.960. The summed E-state index contributed by atoms with van der Waals surface area (Å²) >= 11 is 1.36. The standard InChI is InChI=1S/C20H20N4O3S/c1-23(11-16-12-26-17-9-5-6-10-18(17)27-16)19(25)13-28-20-22-21-14-24(20)15-7-3-2-4-8-15/h2-10,14,16H,11-13H2,1H3/t16-/m1/s1. The minimum absolute atomic E-state index is 0.00456. The highest BCUT2D eigenvalue weighted by Crippen LogP contribution is 2.31. The molecule has 0 radical (unpaired) electrons. The van der Waals surface area contributed by atoms with Gasteiger partial charge in [-0.15, -0.1) is 10.2 Å². The smallest absolute Gasteiger partial charge is 0.232 e.